The van der Waals surface area contributed by atoms with Crippen LogP contribution in [0.4, 0.5) is 5.13 Å². The minimum absolute atomic E-state index is 0.170. The van der Waals surface area contributed by atoms with E-state index in [2.05, 4.69) is 32.4 Å². The quantitative estimate of drug-likeness (QED) is 0.390. The number of carbonyl (C=O) groups is 2. The van der Waals surface area contributed by atoms with Crippen molar-refractivity contribution in [1.29, 1.82) is 0 Å². The van der Waals surface area contributed by atoms with Crippen molar-refractivity contribution in [2.75, 3.05) is 11.1 Å². The number of allylic oxidation sites excluding steroid dienone is 1. The van der Waals surface area contributed by atoms with Crippen LogP contribution in [-0.2, 0) is 17.9 Å². The number of aromatic nitrogens is 4. The summed E-state index contributed by atoms with van der Waals surface area (Å²) in [5, 5.41) is 17.0. The minimum Gasteiger partial charge on any atom is -0.345 e. The summed E-state index contributed by atoms with van der Waals surface area (Å²) in [6.45, 7) is 8.22. The maximum Gasteiger partial charge on any atom is 0.251 e. The number of nitrogens with zero attached hydrogens (tertiary/aromatic N) is 4. The second-order valence-corrected chi connectivity index (χ2v) is 8.23. The smallest absolute Gasteiger partial charge is 0.251 e. The molecular weight excluding hydrogens is 420 g/mol. The Balaban J connectivity index is 1.61. The Labute approximate surface area is 182 Å². The van der Waals surface area contributed by atoms with Crippen molar-refractivity contribution in [3.8, 4) is 0 Å². The van der Waals surface area contributed by atoms with Gasteiger partial charge < -0.3 is 15.2 Å². The molecule has 0 unspecified atom stereocenters. The summed E-state index contributed by atoms with van der Waals surface area (Å²) < 4.78 is 1.83. The molecule has 2 aromatic heterocycles. The first-order chi connectivity index (χ1) is 14.5. The number of hydrogen-bond donors (Lipinski definition) is 2. The molecule has 8 nitrogen and oxygen atoms in total. The highest BCUT2D eigenvalue weighted by atomic mass is 32.2. The fourth-order valence-electron chi connectivity index (χ4n) is 2.65. The lowest BCUT2D eigenvalue weighted by Crippen LogP contribution is -2.25. The van der Waals surface area contributed by atoms with Gasteiger partial charge in [-0.25, -0.2) is 4.98 Å². The second kappa shape index (κ2) is 10.2. The predicted octanol–water partition coefficient (Wildman–Crippen LogP) is 3.20. The van der Waals surface area contributed by atoms with Crippen molar-refractivity contribution >= 4 is 40.0 Å². The average molecular weight is 443 g/mol. The molecule has 0 aliphatic rings. The Hall–Kier alpha value is -2.98. The summed E-state index contributed by atoms with van der Waals surface area (Å²) in [6, 6.07) is 7.39. The number of rotatable bonds is 9. The van der Waals surface area contributed by atoms with Crippen LogP contribution in [0.2, 0.25) is 0 Å². The topological polar surface area (TPSA) is 102 Å². The van der Waals surface area contributed by atoms with Gasteiger partial charge in [-0.05, 0) is 25.5 Å². The van der Waals surface area contributed by atoms with Crippen LogP contribution in [0, 0.1) is 13.8 Å². The van der Waals surface area contributed by atoms with E-state index in [0.29, 0.717) is 28.2 Å². The van der Waals surface area contributed by atoms with Crippen LogP contribution in [0.15, 0.2) is 47.5 Å². The molecule has 0 spiro atoms. The van der Waals surface area contributed by atoms with E-state index in [9.17, 15) is 9.59 Å². The maximum atomic E-state index is 12.5. The lowest BCUT2D eigenvalue weighted by atomic mass is 10.1. The third-order valence-corrected chi connectivity index (χ3v) is 5.94. The Morgan fingerprint density at radius 3 is 2.77 bits per heavy atom. The van der Waals surface area contributed by atoms with Gasteiger partial charge in [0.15, 0.2) is 16.1 Å². The van der Waals surface area contributed by atoms with Gasteiger partial charge in [-0.1, -0.05) is 36.0 Å². The van der Waals surface area contributed by atoms with Crippen molar-refractivity contribution < 1.29 is 9.59 Å². The van der Waals surface area contributed by atoms with Crippen LogP contribution in [0.25, 0.3) is 0 Å². The molecule has 0 aliphatic carbocycles. The highest BCUT2D eigenvalue weighted by molar-refractivity contribution is 7.99. The van der Waals surface area contributed by atoms with Crippen molar-refractivity contribution in [3.05, 3.63) is 64.9 Å². The van der Waals surface area contributed by atoms with Gasteiger partial charge in [0.25, 0.3) is 5.91 Å². The molecule has 2 amide bonds. The molecular formula is C20H22N6O2S2. The van der Waals surface area contributed by atoms with Crippen LogP contribution < -0.4 is 10.6 Å². The molecule has 2 N–H and O–H groups in total. The molecule has 0 radical (unpaired) electrons. The Morgan fingerprint density at radius 2 is 2.07 bits per heavy atom. The third-order valence-electron chi connectivity index (χ3n) is 4.10. The van der Waals surface area contributed by atoms with Gasteiger partial charge in [0.05, 0.1) is 18.0 Å². The first-order valence-electron chi connectivity index (χ1n) is 9.19. The van der Waals surface area contributed by atoms with Gasteiger partial charge in [-0.15, -0.1) is 28.1 Å². The van der Waals surface area contributed by atoms with Crippen LogP contribution in [0.5, 0.6) is 0 Å². The number of aryl methyl sites for hydroxylation is 2. The van der Waals surface area contributed by atoms with Gasteiger partial charge >= 0.3 is 0 Å². The highest BCUT2D eigenvalue weighted by Gasteiger charge is 2.16. The molecule has 2 heterocycles. The Morgan fingerprint density at radius 1 is 1.27 bits per heavy atom. The van der Waals surface area contributed by atoms with E-state index in [1.54, 1.807) is 12.1 Å². The normalized spacial score (nSPS) is 10.6. The van der Waals surface area contributed by atoms with Crippen molar-refractivity contribution in [1.82, 2.24) is 25.1 Å². The molecule has 0 atom stereocenters. The summed E-state index contributed by atoms with van der Waals surface area (Å²) in [4.78, 5) is 28.8. The van der Waals surface area contributed by atoms with Gasteiger partial charge in [0.2, 0.25) is 5.91 Å². The van der Waals surface area contributed by atoms with Crippen LogP contribution in [0.1, 0.15) is 27.4 Å². The zero-order chi connectivity index (χ0) is 21.5. The maximum absolute atomic E-state index is 12.5. The fourth-order valence-corrected chi connectivity index (χ4v) is 4.12. The average Bonchev–Trinajstić information content (AvgIpc) is 3.31. The number of nitrogens with one attached hydrogen (secondary N) is 2. The molecule has 1 aromatic carbocycles. The minimum atomic E-state index is -0.173. The summed E-state index contributed by atoms with van der Waals surface area (Å²) in [5.74, 6) is 0.421. The first kappa shape index (κ1) is 21.7. The van der Waals surface area contributed by atoms with E-state index in [-0.39, 0.29) is 24.1 Å². The number of anilines is 1. The molecule has 3 rings (SSSR count). The van der Waals surface area contributed by atoms with Gasteiger partial charge in [-0.2, -0.15) is 0 Å². The van der Waals surface area contributed by atoms with Crippen LogP contribution >= 0.6 is 23.1 Å². The summed E-state index contributed by atoms with van der Waals surface area (Å²) in [5.41, 5.74) is 2.39. The van der Waals surface area contributed by atoms with E-state index in [4.69, 9.17) is 0 Å². The van der Waals surface area contributed by atoms with E-state index < -0.39 is 0 Å². The molecule has 0 aliphatic heterocycles. The summed E-state index contributed by atoms with van der Waals surface area (Å²) in [6.07, 6.45) is 1.72. The predicted molar refractivity (Wildman–Crippen MR) is 119 cm³/mol. The van der Waals surface area contributed by atoms with E-state index in [1.165, 1.54) is 23.1 Å². The number of hydrogen-bond acceptors (Lipinski definition) is 7. The number of benzene rings is 1. The van der Waals surface area contributed by atoms with Crippen molar-refractivity contribution in [3.63, 3.8) is 0 Å². The standard InChI is InChI=1S/C20H22N6O2S2/c1-4-9-26-16(10-21-18(28)15-8-6-5-7-13(15)2)24-25-20(26)30-12-17(27)23-19-22-14(3)11-29-19/h4-8,11H,1,9-10,12H2,2-3H3,(H,21,28)(H,22,23,27). The van der Waals surface area contributed by atoms with E-state index in [1.807, 2.05) is 42.0 Å². The lowest BCUT2D eigenvalue weighted by molar-refractivity contribution is -0.113. The summed E-state index contributed by atoms with van der Waals surface area (Å²) >= 11 is 2.65. The number of amides is 2. The van der Waals surface area contributed by atoms with Gasteiger partial charge in [0.1, 0.15) is 0 Å². The number of thiazole rings is 1. The van der Waals surface area contributed by atoms with Crippen LogP contribution in [-0.4, -0.2) is 37.3 Å². The van der Waals surface area contributed by atoms with Crippen molar-refractivity contribution in [2.24, 2.45) is 0 Å². The first-order valence-corrected chi connectivity index (χ1v) is 11.1. The molecule has 10 heteroatoms. The zero-order valence-electron chi connectivity index (χ0n) is 16.7. The molecule has 156 valence electrons. The molecule has 3 aromatic rings. The zero-order valence-corrected chi connectivity index (χ0v) is 18.3. The summed E-state index contributed by atoms with van der Waals surface area (Å²) in [7, 11) is 0. The highest BCUT2D eigenvalue weighted by Crippen LogP contribution is 2.19. The van der Waals surface area contributed by atoms with Gasteiger partial charge in [-0.3, -0.25) is 9.59 Å². The van der Waals surface area contributed by atoms with E-state index in [0.717, 1.165) is 11.3 Å². The molecule has 0 saturated carbocycles. The largest absolute Gasteiger partial charge is 0.345 e. The van der Waals surface area contributed by atoms with E-state index >= 15 is 0 Å². The Bertz CT molecular complexity index is 1060. The monoisotopic (exact) mass is 442 g/mol. The lowest BCUT2D eigenvalue weighted by Gasteiger charge is -2.09. The molecule has 0 saturated heterocycles. The molecule has 0 bridgehead atoms. The second-order valence-electron chi connectivity index (χ2n) is 6.43. The molecule has 0 fully saturated rings. The number of carbonyl (C=O) groups excluding carboxylic acids is 2. The number of thioether (sulfide) groups is 1. The fraction of sp³-hybridized carbons (Fsp3) is 0.250. The molecule has 30 heavy (non-hydrogen) atoms. The SMILES string of the molecule is C=CCn1c(CNC(=O)c2ccccc2C)nnc1SCC(=O)Nc1nc(C)cs1. The third kappa shape index (κ3) is 5.55. The Kier molecular flexibility index (Phi) is 7.36. The van der Waals surface area contributed by atoms with Gasteiger partial charge in [0, 0.05) is 17.5 Å². The van der Waals surface area contributed by atoms with Crippen molar-refractivity contribution in [2.45, 2.75) is 32.1 Å². The van der Waals surface area contributed by atoms with Crippen LogP contribution in [0.3, 0.4) is 0 Å².